The highest BCUT2D eigenvalue weighted by molar-refractivity contribution is 6.22. The van der Waals surface area contributed by atoms with Crippen molar-refractivity contribution in [1.82, 2.24) is 24.5 Å². The summed E-state index contributed by atoms with van der Waals surface area (Å²) in [6, 6.07) is 54.6. The van der Waals surface area contributed by atoms with Gasteiger partial charge in [-0.05, 0) is 52.6 Å². The smallest absolute Gasteiger partial charge is 0.164 e. The van der Waals surface area contributed by atoms with E-state index in [9.17, 15) is 0 Å². The third-order valence-electron chi connectivity index (χ3n) is 10.1. The topological polar surface area (TPSA) is 69.6 Å². The van der Waals surface area contributed by atoms with Crippen LogP contribution in [0.3, 0.4) is 0 Å². The van der Waals surface area contributed by atoms with Crippen molar-refractivity contribution in [3.05, 3.63) is 164 Å². The Labute approximate surface area is 297 Å². The number of pyridine rings is 1. The molecule has 4 aromatic heterocycles. The average molecular weight is 666 g/mol. The molecule has 0 saturated carbocycles. The highest BCUT2D eigenvalue weighted by Crippen LogP contribution is 2.40. The first-order valence-electron chi connectivity index (χ1n) is 17.3. The minimum Gasteiger partial charge on any atom is -0.454 e. The first-order chi connectivity index (χ1) is 25.8. The summed E-state index contributed by atoms with van der Waals surface area (Å²) in [6.07, 6.45) is 1.79. The number of benzene rings is 7. The van der Waals surface area contributed by atoms with Crippen molar-refractivity contribution in [1.29, 1.82) is 0 Å². The molecule has 52 heavy (non-hydrogen) atoms. The van der Waals surface area contributed by atoms with Crippen LogP contribution >= 0.6 is 0 Å². The molecule has 0 aliphatic rings. The van der Waals surface area contributed by atoms with E-state index in [4.69, 9.17) is 19.4 Å². The summed E-state index contributed by atoms with van der Waals surface area (Å²) in [5.74, 6) is 1.75. The second-order valence-corrected chi connectivity index (χ2v) is 13.0. The van der Waals surface area contributed by atoms with Crippen LogP contribution in [0, 0.1) is 0 Å². The molecule has 0 amide bonds. The van der Waals surface area contributed by atoms with Crippen LogP contribution in [0.4, 0.5) is 0 Å². The van der Waals surface area contributed by atoms with Gasteiger partial charge in [-0.3, -0.25) is 4.98 Å². The lowest BCUT2D eigenvalue weighted by atomic mass is 10.0. The lowest BCUT2D eigenvalue weighted by Gasteiger charge is -2.14. The Kier molecular flexibility index (Phi) is 6.15. The van der Waals surface area contributed by atoms with Gasteiger partial charge in [0.05, 0.1) is 22.1 Å². The molecule has 0 N–H and O–H groups in total. The molecule has 6 heteroatoms. The van der Waals surface area contributed by atoms with E-state index in [1.807, 2.05) is 60.7 Å². The van der Waals surface area contributed by atoms with Crippen molar-refractivity contribution in [2.45, 2.75) is 0 Å². The molecule has 4 heterocycles. The van der Waals surface area contributed by atoms with Crippen molar-refractivity contribution >= 4 is 65.4 Å². The summed E-state index contributed by atoms with van der Waals surface area (Å²) in [4.78, 5) is 20.1. The zero-order chi connectivity index (χ0) is 34.2. The largest absolute Gasteiger partial charge is 0.454 e. The Balaban J connectivity index is 1.18. The Morgan fingerprint density at radius 3 is 2.04 bits per heavy atom. The fourth-order valence-corrected chi connectivity index (χ4v) is 7.84. The van der Waals surface area contributed by atoms with Crippen molar-refractivity contribution in [2.24, 2.45) is 0 Å². The van der Waals surface area contributed by atoms with E-state index < -0.39 is 0 Å². The van der Waals surface area contributed by atoms with Crippen molar-refractivity contribution in [3.63, 3.8) is 0 Å². The average Bonchev–Trinajstić information content (AvgIpc) is 3.77. The Hall–Kier alpha value is -7.18. The number of rotatable bonds is 4. The maximum absolute atomic E-state index is 6.20. The van der Waals surface area contributed by atoms with Crippen molar-refractivity contribution in [2.75, 3.05) is 0 Å². The standard InChI is InChI=1S/C46H27N5O/c1-2-13-29(14-3-1)44-48-45(50-46(49-44)35-20-10-23-39-42(35)43-40(52-39)24-11-27-47-43)33-19-8-18-32-31(33)17-9-22-36(32)51-37-21-7-6-16-34(37)41-30-15-5-4-12-28(30)25-26-38(41)51/h1-27H. The van der Waals surface area contributed by atoms with Gasteiger partial charge in [0.2, 0.25) is 0 Å². The molecular formula is C46H27N5O. The van der Waals surface area contributed by atoms with Crippen LogP contribution in [0.1, 0.15) is 0 Å². The van der Waals surface area contributed by atoms with E-state index in [2.05, 4.69) is 107 Å². The molecule has 242 valence electrons. The maximum atomic E-state index is 6.20. The van der Waals surface area contributed by atoms with E-state index in [0.717, 1.165) is 60.7 Å². The Morgan fingerprint density at radius 1 is 0.423 bits per heavy atom. The van der Waals surface area contributed by atoms with Gasteiger partial charge in [0.25, 0.3) is 0 Å². The minimum atomic E-state index is 0.560. The van der Waals surface area contributed by atoms with Crippen LogP contribution in [0.2, 0.25) is 0 Å². The molecule has 11 rings (SSSR count). The molecule has 0 fully saturated rings. The predicted molar refractivity (Wildman–Crippen MR) is 211 cm³/mol. The van der Waals surface area contributed by atoms with Gasteiger partial charge in [0.1, 0.15) is 11.1 Å². The molecule has 7 aromatic carbocycles. The number of fused-ring (bicyclic) bond motifs is 9. The van der Waals surface area contributed by atoms with E-state index in [1.54, 1.807) is 6.20 Å². The molecule has 6 nitrogen and oxygen atoms in total. The predicted octanol–water partition coefficient (Wildman–Crippen LogP) is 11.6. The lowest BCUT2D eigenvalue weighted by Crippen LogP contribution is -2.01. The second-order valence-electron chi connectivity index (χ2n) is 13.0. The van der Waals surface area contributed by atoms with Crippen LogP contribution in [0.25, 0.3) is 105 Å². The summed E-state index contributed by atoms with van der Waals surface area (Å²) in [5, 5.41) is 8.00. The van der Waals surface area contributed by atoms with E-state index in [1.165, 1.54) is 27.1 Å². The van der Waals surface area contributed by atoms with E-state index >= 15 is 0 Å². The fraction of sp³-hybridized carbons (Fsp3) is 0. The molecule has 0 atom stereocenters. The molecule has 0 radical (unpaired) electrons. The SMILES string of the molecule is c1ccc(-c2nc(-c3cccc4c(-n5c6ccccc6c6c7ccccc7ccc65)cccc34)nc(-c3cccc4oc5cccnc5c34)n2)cc1. The van der Waals surface area contributed by atoms with Gasteiger partial charge in [-0.1, -0.05) is 121 Å². The zero-order valence-corrected chi connectivity index (χ0v) is 27.7. The highest BCUT2D eigenvalue weighted by Gasteiger charge is 2.21. The van der Waals surface area contributed by atoms with Crippen LogP contribution < -0.4 is 0 Å². The molecule has 0 bridgehead atoms. The van der Waals surface area contributed by atoms with Gasteiger partial charge >= 0.3 is 0 Å². The number of aromatic nitrogens is 5. The molecule has 0 aliphatic carbocycles. The fourth-order valence-electron chi connectivity index (χ4n) is 7.84. The second kappa shape index (κ2) is 11.2. The molecular weight excluding hydrogens is 639 g/mol. The van der Waals surface area contributed by atoms with Crippen LogP contribution in [-0.4, -0.2) is 24.5 Å². The summed E-state index contributed by atoms with van der Waals surface area (Å²) in [6.45, 7) is 0. The summed E-state index contributed by atoms with van der Waals surface area (Å²) < 4.78 is 8.60. The van der Waals surface area contributed by atoms with Crippen LogP contribution in [-0.2, 0) is 0 Å². The first kappa shape index (κ1) is 28.6. The monoisotopic (exact) mass is 665 g/mol. The number of furan rings is 1. The van der Waals surface area contributed by atoms with Crippen LogP contribution in [0.15, 0.2) is 168 Å². The minimum absolute atomic E-state index is 0.560. The summed E-state index contributed by atoms with van der Waals surface area (Å²) in [7, 11) is 0. The normalized spacial score (nSPS) is 11.8. The third-order valence-corrected chi connectivity index (χ3v) is 10.1. The van der Waals surface area contributed by atoms with Gasteiger partial charge in [-0.15, -0.1) is 0 Å². The van der Waals surface area contributed by atoms with Crippen LogP contribution in [0.5, 0.6) is 0 Å². The van der Waals surface area contributed by atoms with Crippen molar-refractivity contribution < 1.29 is 4.42 Å². The summed E-state index contributed by atoms with van der Waals surface area (Å²) in [5.41, 5.74) is 8.35. The molecule has 0 aliphatic heterocycles. The Morgan fingerprint density at radius 2 is 1.12 bits per heavy atom. The quantitative estimate of drug-likeness (QED) is 0.187. The number of para-hydroxylation sites is 1. The Bertz CT molecular complexity index is 3200. The van der Waals surface area contributed by atoms with Gasteiger partial charge < -0.3 is 8.98 Å². The molecule has 11 aromatic rings. The van der Waals surface area contributed by atoms with E-state index in [0.29, 0.717) is 17.5 Å². The molecule has 0 unspecified atom stereocenters. The number of nitrogens with zero attached hydrogens (tertiary/aromatic N) is 5. The highest BCUT2D eigenvalue weighted by atomic mass is 16.3. The lowest BCUT2D eigenvalue weighted by molar-refractivity contribution is 0.668. The van der Waals surface area contributed by atoms with E-state index in [-0.39, 0.29) is 0 Å². The molecule has 0 saturated heterocycles. The van der Waals surface area contributed by atoms with Gasteiger partial charge in [-0.2, -0.15) is 0 Å². The number of hydrogen-bond acceptors (Lipinski definition) is 5. The number of hydrogen-bond donors (Lipinski definition) is 0. The maximum Gasteiger partial charge on any atom is 0.164 e. The van der Waals surface area contributed by atoms with Crippen molar-refractivity contribution in [3.8, 4) is 39.9 Å². The third kappa shape index (κ3) is 4.25. The first-order valence-corrected chi connectivity index (χ1v) is 17.3. The van der Waals surface area contributed by atoms with Gasteiger partial charge in [-0.25, -0.2) is 15.0 Å². The van der Waals surface area contributed by atoms with Gasteiger partial charge in [0, 0.05) is 39.0 Å². The van der Waals surface area contributed by atoms with Gasteiger partial charge in [0.15, 0.2) is 23.1 Å². The summed E-state index contributed by atoms with van der Waals surface area (Å²) >= 11 is 0. The zero-order valence-electron chi connectivity index (χ0n) is 27.7. The molecule has 0 spiro atoms.